The number of nitrogens with zero attached hydrogens (tertiary/aromatic N) is 1. The number of aromatic amines is 1. The van der Waals surface area contributed by atoms with Gasteiger partial charge in [0, 0.05) is 43.4 Å². The molecular weight excluding hydrogens is 268 g/mol. The molecule has 0 spiro atoms. The summed E-state index contributed by atoms with van der Waals surface area (Å²) < 4.78 is 5.32. The molecule has 0 aromatic carbocycles. The maximum atomic E-state index is 11.5. The molecular formula is C12H21ClN4O2. The van der Waals surface area contributed by atoms with Gasteiger partial charge < -0.3 is 15.8 Å². The lowest BCUT2D eigenvalue weighted by atomic mass is 9.97. The molecule has 0 saturated carbocycles. The van der Waals surface area contributed by atoms with Crippen LogP contribution in [0.1, 0.15) is 37.8 Å². The molecule has 1 aromatic heterocycles. The first-order valence-electron chi connectivity index (χ1n) is 6.33. The summed E-state index contributed by atoms with van der Waals surface area (Å²) in [5.74, 6) is 0.919. The fourth-order valence-corrected chi connectivity index (χ4v) is 2.10. The Kier molecular flexibility index (Phi) is 6.27. The van der Waals surface area contributed by atoms with Crippen molar-refractivity contribution in [3.63, 3.8) is 0 Å². The first-order valence-corrected chi connectivity index (χ1v) is 6.33. The Hall–Kier alpha value is -1.11. The van der Waals surface area contributed by atoms with Crippen molar-refractivity contribution >= 4 is 24.1 Å². The molecule has 1 saturated heterocycles. The van der Waals surface area contributed by atoms with Crippen LogP contribution < -0.4 is 11.1 Å². The van der Waals surface area contributed by atoms with Gasteiger partial charge in [-0.25, -0.2) is 0 Å². The third-order valence-electron chi connectivity index (χ3n) is 3.03. The van der Waals surface area contributed by atoms with Crippen LogP contribution in [0.25, 0.3) is 0 Å². The minimum atomic E-state index is -0.140. The Bertz CT molecular complexity index is 402. The fraction of sp³-hybridized carbons (Fsp3) is 0.667. The Morgan fingerprint density at radius 3 is 2.95 bits per heavy atom. The Morgan fingerprint density at radius 2 is 2.32 bits per heavy atom. The summed E-state index contributed by atoms with van der Waals surface area (Å²) in [5.41, 5.74) is 6.63. The molecule has 1 fully saturated rings. The molecule has 0 radical (unpaired) electrons. The zero-order chi connectivity index (χ0) is 13.0. The number of ether oxygens (including phenoxy) is 1. The van der Waals surface area contributed by atoms with Gasteiger partial charge in [-0.15, -0.1) is 12.4 Å². The number of amides is 1. The Labute approximate surface area is 118 Å². The zero-order valence-electron chi connectivity index (χ0n) is 11.0. The second-order valence-electron chi connectivity index (χ2n) is 4.82. The Balaban J connectivity index is 0.00000180. The molecule has 19 heavy (non-hydrogen) atoms. The number of hydrogen-bond acceptors (Lipinski definition) is 4. The molecule has 1 aliphatic rings. The van der Waals surface area contributed by atoms with Crippen LogP contribution in [0.15, 0.2) is 6.07 Å². The maximum absolute atomic E-state index is 11.5. The predicted molar refractivity (Wildman–Crippen MR) is 75.5 cm³/mol. The van der Waals surface area contributed by atoms with E-state index in [0.717, 1.165) is 31.7 Å². The summed E-state index contributed by atoms with van der Waals surface area (Å²) in [4.78, 5) is 11.5. The average Bonchev–Trinajstić information content (AvgIpc) is 2.77. The molecule has 1 unspecified atom stereocenters. The van der Waals surface area contributed by atoms with Gasteiger partial charge in [-0.05, 0) is 19.8 Å². The highest BCUT2D eigenvalue weighted by Crippen LogP contribution is 2.26. The van der Waals surface area contributed by atoms with Crippen molar-refractivity contribution in [1.82, 2.24) is 10.2 Å². The second kappa shape index (κ2) is 7.47. The van der Waals surface area contributed by atoms with Gasteiger partial charge in [0.2, 0.25) is 5.91 Å². The standard InChI is InChI=1S/C12H20N4O2.ClH/c1-8(13)6-12(17)14-11-7-10(15-16-11)9-2-4-18-5-3-9;/h7-9H,2-6,13H2,1H3,(H2,14,15,16,17);1H. The highest BCUT2D eigenvalue weighted by atomic mass is 35.5. The summed E-state index contributed by atoms with van der Waals surface area (Å²) >= 11 is 0. The number of anilines is 1. The minimum Gasteiger partial charge on any atom is -0.381 e. The summed E-state index contributed by atoms with van der Waals surface area (Å²) in [6.45, 7) is 3.38. The second-order valence-corrected chi connectivity index (χ2v) is 4.82. The number of carbonyl (C=O) groups excluding carboxylic acids is 1. The number of nitrogens with one attached hydrogen (secondary N) is 2. The molecule has 1 atom stereocenters. The number of halogens is 1. The van der Waals surface area contributed by atoms with E-state index in [2.05, 4.69) is 15.5 Å². The SMILES string of the molecule is CC(N)CC(=O)Nc1cc(C2CCOCC2)[nH]n1.Cl. The first kappa shape index (κ1) is 15.9. The molecule has 1 amide bonds. The maximum Gasteiger partial charge on any atom is 0.227 e. The molecule has 0 aliphatic carbocycles. The van der Waals surface area contributed by atoms with Crippen molar-refractivity contribution in [3.8, 4) is 0 Å². The van der Waals surface area contributed by atoms with Crippen molar-refractivity contribution in [2.45, 2.75) is 38.1 Å². The van der Waals surface area contributed by atoms with Crippen molar-refractivity contribution in [3.05, 3.63) is 11.8 Å². The molecule has 1 aromatic rings. The molecule has 4 N–H and O–H groups in total. The largest absolute Gasteiger partial charge is 0.381 e. The monoisotopic (exact) mass is 288 g/mol. The van der Waals surface area contributed by atoms with Crippen molar-refractivity contribution in [1.29, 1.82) is 0 Å². The number of hydrogen-bond donors (Lipinski definition) is 3. The third kappa shape index (κ3) is 4.81. The van der Waals surface area contributed by atoms with E-state index >= 15 is 0 Å². The summed E-state index contributed by atoms with van der Waals surface area (Å²) in [5, 5.41) is 9.82. The summed E-state index contributed by atoms with van der Waals surface area (Å²) in [6.07, 6.45) is 2.30. The number of carbonyl (C=O) groups is 1. The Morgan fingerprint density at radius 1 is 1.63 bits per heavy atom. The van der Waals surface area contributed by atoms with Gasteiger partial charge >= 0.3 is 0 Å². The average molecular weight is 289 g/mol. The number of nitrogens with two attached hydrogens (primary N) is 1. The van der Waals surface area contributed by atoms with Gasteiger partial charge in [0.05, 0.1) is 0 Å². The van der Waals surface area contributed by atoms with E-state index in [-0.39, 0.29) is 24.4 Å². The van der Waals surface area contributed by atoms with Crippen LogP contribution in [0.3, 0.4) is 0 Å². The van der Waals surface area contributed by atoms with Crippen molar-refractivity contribution in [2.24, 2.45) is 5.73 Å². The number of H-pyrrole nitrogens is 1. The lowest BCUT2D eigenvalue weighted by Crippen LogP contribution is -2.24. The lowest BCUT2D eigenvalue weighted by Gasteiger charge is -2.20. The van der Waals surface area contributed by atoms with Gasteiger partial charge in [0.15, 0.2) is 5.82 Å². The van der Waals surface area contributed by atoms with Crippen LogP contribution >= 0.6 is 12.4 Å². The molecule has 1 aliphatic heterocycles. The molecule has 0 bridgehead atoms. The van der Waals surface area contributed by atoms with Crippen LogP contribution in [0.2, 0.25) is 0 Å². The predicted octanol–water partition coefficient (Wildman–Crippen LogP) is 1.40. The number of aromatic nitrogens is 2. The molecule has 7 heteroatoms. The summed E-state index contributed by atoms with van der Waals surface area (Å²) in [7, 11) is 0. The molecule has 6 nitrogen and oxygen atoms in total. The van der Waals surface area contributed by atoms with Gasteiger partial charge in [0.25, 0.3) is 0 Å². The van der Waals surface area contributed by atoms with Crippen LogP contribution in [0.5, 0.6) is 0 Å². The van der Waals surface area contributed by atoms with Gasteiger partial charge in [-0.2, -0.15) is 5.10 Å². The normalized spacial score (nSPS) is 17.6. The van der Waals surface area contributed by atoms with Gasteiger partial charge in [0.1, 0.15) is 0 Å². The van der Waals surface area contributed by atoms with Crippen LogP contribution in [-0.2, 0) is 9.53 Å². The quantitative estimate of drug-likeness (QED) is 0.781. The topological polar surface area (TPSA) is 93.0 Å². The highest BCUT2D eigenvalue weighted by molar-refractivity contribution is 5.90. The van der Waals surface area contributed by atoms with Gasteiger partial charge in [-0.1, -0.05) is 0 Å². The molecule has 108 valence electrons. The van der Waals surface area contributed by atoms with E-state index in [4.69, 9.17) is 10.5 Å². The van der Waals surface area contributed by atoms with E-state index in [1.54, 1.807) is 6.92 Å². The smallest absolute Gasteiger partial charge is 0.227 e. The summed E-state index contributed by atoms with van der Waals surface area (Å²) in [6, 6.07) is 1.76. The third-order valence-corrected chi connectivity index (χ3v) is 3.03. The minimum absolute atomic E-state index is 0. The fourth-order valence-electron chi connectivity index (χ4n) is 2.10. The molecule has 2 rings (SSSR count). The lowest BCUT2D eigenvalue weighted by molar-refractivity contribution is -0.116. The van der Waals surface area contributed by atoms with Gasteiger partial charge in [-0.3, -0.25) is 9.89 Å². The molecule has 2 heterocycles. The van der Waals surface area contributed by atoms with E-state index < -0.39 is 0 Å². The van der Waals surface area contributed by atoms with Crippen molar-refractivity contribution < 1.29 is 9.53 Å². The first-order chi connectivity index (χ1) is 8.65. The zero-order valence-corrected chi connectivity index (χ0v) is 11.8. The van der Waals surface area contributed by atoms with Crippen LogP contribution in [0, 0.1) is 0 Å². The van der Waals surface area contributed by atoms with Crippen LogP contribution in [-0.4, -0.2) is 35.4 Å². The highest BCUT2D eigenvalue weighted by Gasteiger charge is 2.18. The van der Waals surface area contributed by atoms with E-state index in [1.165, 1.54) is 0 Å². The van der Waals surface area contributed by atoms with E-state index in [0.29, 0.717) is 18.2 Å². The van der Waals surface area contributed by atoms with Crippen molar-refractivity contribution in [2.75, 3.05) is 18.5 Å². The van der Waals surface area contributed by atoms with E-state index in [1.807, 2.05) is 6.07 Å². The number of rotatable bonds is 4. The van der Waals surface area contributed by atoms with E-state index in [9.17, 15) is 4.79 Å². The van der Waals surface area contributed by atoms with Crippen LogP contribution in [0.4, 0.5) is 5.82 Å².